The number of rotatable bonds is 6. The fourth-order valence-corrected chi connectivity index (χ4v) is 1.61. The van der Waals surface area contributed by atoms with Crippen molar-refractivity contribution < 1.29 is 0 Å². The van der Waals surface area contributed by atoms with Gasteiger partial charge in [-0.2, -0.15) is 0 Å². The molecule has 0 aliphatic heterocycles. The molecule has 84 valence electrons. The maximum Gasteiger partial charge on any atom is 0.0305 e. The molecular weight excluding hydrogens is 184 g/mol. The molecular formula is C13H22N2. The Kier molecular flexibility index (Phi) is 4.76. The van der Waals surface area contributed by atoms with E-state index in [0.717, 1.165) is 19.5 Å². The predicted octanol–water partition coefficient (Wildman–Crippen LogP) is 2.75. The van der Waals surface area contributed by atoms with Crippen LogP contribution >= 0.6 is 0 Å². The summed E-state index contributed by atoms with van der Waals surface area (Å²) in [5.41, 5.74) is 1.54. The highest BCUT2D eigenvalue weighted by atomic mass is 14.8. The minimum Gasteiger partial charge on any atom is -0.317 e. The van der Waals surface area contributed by atoms with E-state index in [1.54, 1.807) is 0 Å². The molecule has 2 heteroatoms. The third-order valence-electron chi connectivity index (χ3n) is 2.80. The molecule has 0 saturated heterocycles. The second-order valence-corrected chi connectivity index (χ2v) is 4.63. The fourth-order valence-electron chi connectivity index (χ4n) is 1.61. The Morgan fingerprint density at radius 3 is 2.73 bits per heavy atom. The topological polar surface area (TPSA) is 24.9 Å². The lowest BCUT2D eigenvalue weighted by molar-refractivity contribution is 0.456. The van der Waals surface area contributed by atoms with E-state index in [9.17, 15) is 0 Å². The summed E-state index contributed by atoms with van der Waals surface area (Å²) < 4.78 is 0. The van der Waals surface area contributed by atoms with E-state index >= 15 is 0 Å². The van der Waals surface area contributed by atoms with Crippen LogP contribution in [-0.4, -0.2) is 18.1 Å². The van der Waals surface area contributed by atoms with Gasteiger partial charge in [-0.15, -0.1) is 0 Å². The Balaban J connectivity index is 2.45. The number of aromatic nitrogens is 1. The average Bonchev–Trinajstić information content (AvgIpc) is 2.26. The van der Waals surface area contributed by atoms with Crippen molar-refractivity contribution in [2.75, 3.05) is 13.1 Å². The van der Waals surface area contributed by atoms with Crippen molar-refractivity contribution in [3.8, 4) is 0 Å². The Labute approximate surface area is 93.1 Å². The maximum absolute atomic E-state index is 4.17. The Morgan fingerprint density at radius 2 is 2.13 bits per heavy atom. The molecule has 0 fully saturated rings. The minimum absolute atomic E-state index is 0.217. The van der Waals surface area contributed by atoms with Gasteiger partial charge in [0.15, 0.2) is 0 Å². The third kappa shape index (κ3) is 4.00. The molecule has 1 aromatic rings. The summed E-state index contributed by atoms with van der Waals surface area (Å²) in [5, 5.41) is 3.44. The van der Waals surface area contributed by atoms with Gasteiger partial charge in [0.25, 0.3) is 0 Å². The van der Waals surface area contributed by atoms with E-state index in [-0.39, 0.29) is 5.41 Å². The molecule has 1 heterocycles. The molecule has 0 spiro atoms. The monoisotopic (exact) mass is 206 g/mol. The summed E-state index contributed by atoms with van der Waals surface area (Å²) in [7, 11) is 0. The van der Waals surface area contributed by atoms with Crippen molar-refractivity contribution in [3.05, 3.63) is 30.1 Å². The Hall–Kier alpha value is -0.890. The first-order valence-electron chi connectivity index (χ1n) is 5.78. The summed E-state index contributed by atoms with van der Waals surface area (Å²) in [6.45, 7) is 8.94. The van der Waals surface area contributed by atoms with Crippen molar-refractivity contribution in [3.63, 3.8) is 0 Å². The second-order valence-electron chi connectivity index (χ2n) is 4.63. The zero-order chi connectivity index (χ0) is 11.1. The van der Waals surface area contributed by atoms with Crippen molar-refractivity contribution in [2.45, 2.75) is 39.0 Å². The molecule has 1 N–H and O–H groups in total. The summed E-state index contributed by atoms with van der Waals surface area (Å²) in [6.07, 6.45) is 6.15. The van der Waals surface area contributed by atoms with E-state index in [1.165, 1.54) is 12.0 Å². The van der Waals surface area contributed by atoms with Gasteiger partial charge in [-0.3, -0.25) is 4.98 Å². The van der Waals surface area contributed by atoms with E-state index < -0.39 is 0 Å². The number of nitrogens with zero attached hydrogens (tertiary/aromatic N) is 1. The van der Waals surface area contributed by atoms with Gasteiger partial charge < -0.3 is 5.32 Å². The van der Waals surface area contributed by atoms with Gasteiger partial charge in [-0.05, 0) is 43.0 Å². The van der Waals surface area contributed by atoms with Crippen LogP contribution in [0, 0.1) is 0 Å². The summed E-state index contributed by atoms with van der Waals surface area (Å²) in [6, 6.07) is 4.17. The molecule has 2 nitrogen and oxygen atoms in total. The molecule has 0 unspecified atom stereocenters. The van der Waals surface area contributed by atoms with Crippen LogP contribution in [0.15, 0.2) is 24.5 Å². The van der Waals surface area contributed by atoms with Gasteiger partial charge in [0, 0.05) is 12.4 Å². The molecule has 0 bridgehead atoms. The molecule has 0 aliphatic carbocycles. The highest BCUT2D eigenvalue weighted by Gasteiger charge is 2.19. The van der Waals surface area contributed by atoms with Gasteiger partial charge in [0.1, 0.15) is 0 Å². The molecule has 0 aromatic carbocycles. The van der Waals surface area contributed by atoms with E-state index in [4.69, 9.17) is 0 Å². The number of pyridine rings is 1. The van der Waals surface area contributed by atoms with Crippen LogP contribution in [0.3, 0.4) is 0 Å². The van der Waals surface area contributed by atoms with Crippen LogP contribution in [0.25, 0.3) is 0 Å². The predicted molar refractivity (Wildman–Crippen MR) is 65.0 cm³/mol. The zero-order valence-corrected chi connectivity index (χ0v) is 10.1. The number of hydrogen-bond acceptors (Lipinski definition) is 2. The van der Waals surface area contributed by atoms with Crippen LogP contribution in [0.1, 0.15) is 39.2 Å². The molecule has 1 aromatic heterocycles. The molecule has 0 atom stereocenters. The van der Waals surface area contributed by atoms with Crippen LogP contribution in [-0.2, 0) is 5.41 Å². The lowest BCUT2D eigenvalue weighted by Crippen LogP contribution is -2.26. The summed E-state index contributed by atoms with van der Waals surface area (Å²) in [5.74, 6) is 0. The van der Waals surface area contributed by atoms with Gasteiger partial charge in [0.05, 0.1) is 0 Å². The molecule has 1 rings (SSSR count). The van der Waals surface area contributed by atoms with Crippen LogP contribution in [0.5, 0.6) is 0 Å². The quantitative estimate of drug-likeness (QED) is 0.724. The minimum atomic E-state index is 0.217. The number of nitrogens with one attached hydrogen (secondary N) is 1. The van der Waals surface area contributed by atoms with Crippen molar-refractivity contribution in [2.24, 2.45) is 0 Å². The highest BCUT2D eigenvalue weighted by molar-refractivity contribution is 5.19. The first-order chi connectivity index (χ1) is 7.17. The first kappa shape index (κ1) is 12.2. The smallest absolute Gasteiger partial charge is 0.0305 e. The van der Waals surface area contributed by atoms with E-state index in [0.29, 0.717) is 0 Å². The van der Waals surface area contributed by atoms with Crippen LogP contribution < -0.4 is 5.32 Å². The van der Waals surface area contributed by atoms with Gasteiger partial charge in [-0.25, -0.2) is 0 Å². The Bertz CT molecular complexity index is 267. The van der Waals surface area contributed by atoms with Gasteiger partial charge in [0.2, 0.25) is 0 Å². The van der Waals surface area contributed by atoms with Crippen LogP contribution in [0.2, 0.25) is 0 Å². The standard InChI is InChI=1S/C13H22N2/c1-4-8-14-10-7-13(2,3)12-6-5-9-15-11-12/h5-6,9,11,14H,4,7-8,10H2,1-3H3. The van der Waals surface area contributed by atoms with Gasteiger partial charge in [-0.1, -0.05) is 26.8 Å². The molecule has 0 aliphatic rings. The van der Waals surface area contributed by atoms with Crippen molar-refractivity contribution >= 4 is 0 Å². The molecule has 0 saturated carbocycles. The molecule has 0 amide bonds. The van der Waals surface area contributed by atoms with E-state index in [1.807, 2.05) is 18.5 Å². The second kappa shape index (κ2) is 5.86. The molecule has 15 heavy (non-hydrogen) atoms. The number of hydrogen-bond donors (Lipinski definition) is 1. The first-order valence-corrected chi connectivity index (χ1v) is 5.78. The lowest BCUT2D eigenvalue weighted by atomic mass is 9.82. The SMILES string of the molecule is CCCNCCC(C)(C)c1cccnc1. The highest BCUT2D eigenvalue weighted by Crippen LogP contribution is 2.25. The van der Waals surface area contributed by atoms with Crippen molar-refractivity contribution in [1.82, 2.24) is 10.3 Å². The van der Waals surface area contributed by atoms with Crippen LogP contribution in [0.4, 0.5) is 0 Å². The third-order valence-corrected chi connectivity index (χ3v) is 2.80. The normalized spacial score (nSPS) is 11.7. The summed E-state index contributed by atoms with van der Waals surface area (Å²) >= 11 is 0. The Morgan fingerprint density at radius 1 is 1.33 bits per heavy atom. The largest absolute Gasteiger partial charge is 0.317 e. The summed E-state index contributed by atoms with van der Waals surface area (Å²) in [4.78, 5) is 4.17. The van der Waals surface area contributed by atoms with E-state index in [2.05, 4.69) is 37.1 Å². The average molecular weight is 206 g/mol. The maximum atomic E-state index is 4.17. The molecule has 0 radical (unpaired) electrons. The van der Waals surface area contributed by atoms with Crippen molar-refractivity contribution in [1.29, 1.82) is 0 Å². The van der Waals surface area contributed by atoms with Gasteiger partial charge >= 0.3 is 0 Å². The zero-order valence-electron chi connectivity index (χ0n) is 10.1. The lowest BCUT2D eigenvalue weighted by Gasteiger charge is -2.24. The fraction of sp³-hybridized carbons (Fsp3) is 0.615.